The minimum Gasteiger partial charge on any atom is -0.374 e. The van der Waals surface area contributed by atoms with Gasteiger partial charge in [-0.3, -0.25) is 0 Å². The van der Waals surface area contributed by atoms with Gasteiger partial charge in [0.05, 0.1) is 25.9 Å². The van der Waals surface area contributed by atoms with E-state index >= 15 is 0 Å². The van der Waals surface area contributed by atoms with Gasteiger partial charge in [-0.1, -0.05) is 12.1 Å². The first-order chi connectivity index (χ1) is 7.84. The van der Waals surface area contributed by atoms with E-state index in [-0.39, 0.29) is 6.10 Å². The van der Waals surface area contributed by atoms with Crippen LogP contribution in [0.4, 0.5) is 0 Å². The molecule has 16 heavy (non-hydrogen) atoms. The minimum atomic E-state index is 0.206. The standard InChI is InChI=1S/C12H16INO2/c13-11-3-1-10(2-4-11)8-15-9-12-7-14-5-6-16-12/h1-4,12,14H,5-9H2. The molecule has 3 nitrogen and oxygen atoms in total. The number of nitrogens with one attached hydrogen (secondary N) is 1. The predicted octanol–water partition coefficient (Wildman–Crippen LogP) is 1.80. The van der Waals surface area contributed by atoms with E-state index in [1.54, 1.807) is 0 Å². The second-order valence-corrected chi connectivity index (χ2v) is 5.08. The Labute approximate surface area is 110 Å². The summed E-state index contributed by atoms with van der Waals surface area (Å²) in [5.74, 6) is 0. The summed E-state index contributed by atoms with van der Waals surface area (Å²) in [7, 11) is 0. The molecule has 1 aromatic rings. The summed E-state index contributed by atoms with van der Waals surface area (Å²) in [6.45, 7) is 3.97. The van der Waals surface area contributed by atoms with E-state index in [4.69, 9.17) is 9.47 Å². The highest BCUT2D eigenvalue weighted by atomic mass is 127. The first-order valence-corrected chi connectivity index (χ1v) is 6.57. The summed E-state index contributed by atoms with van der Waals surface area (Å²) in [5, 5.41) is 3.28. The van der Waals surface area contributed by atoms with Crippen LogP contribution in [0.1, 0.15) is 5.56 Å². The quantitative estimate of drug-likeness (QED) is 0.853. The predicted molar refractivity (Wildman–Crippen MR) is 71.4 cm³/mol. The number of ether oxygens (including phenoxy) is 2. The van der Waals surface area contributed by atoms with Crippen molar-refractivity contribution < 1.29 is 9.47 Å². The van der Waals surface area contributed by atoms with Gasteiger partial charge in [0.15, 0.2) is 0 Å². The smallest absolute Gasteiger partial charge is 0.0933 e. The van der Waals surface area contributed by atoms with Crippen LogP contribution < -0.4 is 5.32 Å². The van der Waals surface area contributed by atoms with Crippen LogP contribution >= 0.6 is 22.6 Å². The van der Waals surface area contributed by atoms with Crippen molar-refractivity contribution in [1.29, 1.82) is 0 Å². The first kappa shape index (κ1) is 12.3. The average molecular weight is 333 g/mol. The number of morpholine rings is 1. The lowest BCUT2D eigenvalue weighted by molar-refractivity contribution is -0.0357. The molecule has 2 rings (SSSR count). The maximum absolute atomic E-state index is 5.63. The van der Waals surface area contributed by atoms with Gasteiger partial charge >= 0.3 is 0 Å². The van der Waals surface area contributed by atoms with Crippen LogP contribution in [-0.2, 0) is 16.1 Å². The van der Waals surface area contributed by atoms with Crippen molar-refractivity contribution in [2.75, 3.05) is 26.3 Å². The molecule has 1 saturated heterocycles. The SMILES string of the molecule is Ic1ccc(COCC2CNCCO2)cc1. The lowest BCUT2D eigenvalue weighted by atomic mass is 10.2. The molecule has 88 valence electrons. The molecule has 0 spiro atoms. The Balaban J connectivity index is 1.69. The normalized spacial score (nSPS) is 20.9. The molecule has 0 bridgehead atoms. The molecule has 0 aliphatic carbocycles. The van der Waals surface area contributed by atoms with Crippen LogP contribution in [0.5, 0.6) is 0 Å². The molecule has 1 heterocycles. The molecule has 0 saturated carbocycles. The molecular weight excluding hydrogens is 317 g/mol. The maximum atomic E-state index is 5.63. The second kappa shape index (κ2) is 6.54. The van der Waals surface area contributed by atoms with Crippen LogP contribution in [0.25, 0.3) is 0 Å². The van der Waals surface area contributed by atoms with Gasteiger partial charge in [-0.2, -0.15) is 0 Å². The number of hydrogen-bond acceptors (Lipinski definition) is 3. The third kappa shape index (κ3) is 4.01. The Morgan fingerprint density at radius 1 is 1.38 bits per heavy atom. The molecule has 0 aromatic heterocycles. The van der Waals surface area contributed by atoms with Crippen LogP contribution in [-0.4, -0.2) is 32.4 Å². The van der Waals surface area contributed by atoms with Crippen LogP contribution in [0.15, 0.2) is 24.3 Å². The monoisotopic (exact) mass is 333 g/mol. The Hall–Kier alpha value is -0.170. The van der Waals surface area contributed by atoms with Crippen molar-refractivity contribution in [3.8, 4) is 0 Å². The summed E-state index contributed by atoms with van der Waals surface area (Å²) in [6.07, 6.45) is 0.206. The van der Waals surface area contributed by atoms with Gasteiger partial charge in [-0.15, -0.1) is 0 Å². The van der Waals surface area contributed by atoms with Crippen molar-refractivity contribution >= 4 is 22.6 Å². The number of benzene rings is 1. The van der Waals surface area contributed by atoms with E-state index in [0.29, 0.717) is 13.2 Å². The van der Waals surface area contributed by atoms with Crippen molar-refractivity contribution in [1.82, 2.24) is 5.32 Å². The van der Waals surface area contributed by atoms with E-state index in [9.17, 15) is 0 Å². The van der Waals surface area contributed by atoms with E-state index in [0.717, 1.165) is 19.7 Å². The summed E-state index contributed by atoms with van der Waals surface area (Å²) in [5.41, 5.74) is 1.21. The molecule has 1 N–H and O–H groups in total. The molecule has 1 aliphatic heterocycles. The molecule has 1 atom stereocenters. The molecule has 4 heteroatoms. The Bertz CT molecular complexity index is 309. The fraction of sp³-hybridized carbons (Fsp3) is 0.500. The minimum absolute atomic E-state index is 0.206. The van der Waals surface area contributed by atoms with Gasteiger partial charge < -0.3 is 14.8 Å². The van der Waals surface area contributed by atoms with Gasteiger partial charge in [0.25, 0.3) is 0 Å². The van der Waals surface area contributed by atoms with Gasteiger partial charge in [-0.25, -0.2) is 0 Å². The van der Waals surface area contributed by atoms with Crippen LogP contribution in [0.3, 0.4) is 0 Å². The fourth-order valence-electron chi connectivity index (χ4n) is 1.62. The molecule has 1 aromatic carbocycles. The second-order valence-electron chi connectivity index (χ2n) is 3.84. The van der Waals surface area contributed by atoms with Gasteiger partial charge in [0.1, 0.15) is 0 Å². The maximum Gasteiger partial charge on any atom is 0.0933 e. The third-order valence-corrected chi connectivity index (χ3v) is 3.21. The van der Waals surface area contributed by atoms with Gasteiger partial charge in [0, 0.05) is 16.7 Å². The molecule has 1 unspecified atom stereocenters. The van der Waals surface area contributed by atoms with E-state index < -0.39 is 0 Å². The van der Waals surface area contributed by atoms with Crippen molar-refractivity contribution in [3.05, 3.63) is 33.4 Å². The summed E-state index contributed by atoms with van der Waals surface area (Å²) < 4.78 is 12.4. The third-order valence-electron chi connectivity index (χ3n) is 2.49. The highest BCUT2D eigenvalue weighted by molar-refractivity contribution is 14.1. The summed E-state index contributed by atoms with van der Waals surface area (Å²) in [4.78, 5) is 0. The Morgan fingerprint density at radius 2 is 2.19 bits per heavy atom. The largest absolute Gasteiger partial charge is 0.374 e. The number of rotatable bonds is 4. The average Bonchev–Trinajstić information content (AvgIpc) is 2.33. The van der Waals surface area contributed by atoms with E-state index in [1.807, 2.05) is 0 Å². The van der Waals surface area contributed by atoms with Gasteiger partial charge in [0.2, 0.25) is 0 Å². The lowest BCUT2D eigenvalue weighted by Crippen LogP contribution is -2.40. The molecule has 1 fully saturated rings. The summed E-state index contributed by atoms with van der Waals surface area (Å²) in [6, 6.07) is 8.39. The van der Waals surface area contributed by atoms with E-state index in [1.165, 1.54) is 9.13 Å². The Kier molecular flexibility index (Phi) is 5.02. The molecular formula is C12H16INO2. The highest BCUT2D eigenvalue weighted by Gasteiger charge is 2.12. The van der Waals surface area contributed by atoms with Gasteiger partial charge in [-0.05, 0) is 40.3 Å². The summed E-state index contributed by atoms with van der Waals surface area (Å²) >= 11 is 2.30. The molecule has 0 radical (unpaired) electrons. The first-order valence-electron chi connectivity index (χ1n) is 5.49. The zero-order valence-corrected chi connectivity index (χ0v) is 11.3. The number of hydrogen-bond donors (Lipinski definition) is 1. The molecule has 1 aliphatic rings. The van der Waals surface area contributed by atoms with E-state index in [2.05, 4.69) is 52.2 Å². The lowest BCUT2D eigenvalue weighted by Gasteiger charge is -2.23. The number of halogens is 1. The zero-order valence-electron chi connectivity index (χ0n) is 9.12. The van der Waals surface area contributed by atoms with Crippen molar-refractivity contribution in [2.24, 2.45) is 0 Å². The van der Waals surface area contributed by atoms with Crippen molar-refractivity contribution in [3.63, 3.8) is 0 Å². The highest BCUT2D eigenvalue weighted by Crippen LogP contribution is 2.08. The molecule has 0 amide bonds. The zero-order chi connectivity index (χ0) is 11.2. The fourth-order valence-corrected chi connectivity index (χ4v) is 1.98. The van der Waals surface area contributed by atoms with Crippen LogP contribution in [0.2, 0.25) is 0 Å². The topological polar surface area (TPSA) is 30.5 Å². The van der Waals surface area contributed by atoms with Crippen LogP contribution in [0, 0.1) is 3.57 Å². The Morgan fingerprint density at radius 3 is 2.88 bits per heavy atom. The van der Waals surface area contributed by atoms with Crippen molar-refractivity contribution in [2.45, 2.75) is 12.7 Å².